The molecule has 0 saturated carbocycles. The van der Waals surface area contributed by atoms with Crippen molar-refractivity contribution < 1.29 is 4.79 Å². The summed E-state index contributed by atoms with van der Waals surface area (Å²) in [6.45, 7) is 2.24. The van der Waals surface area contributed by atoms with Crippen LogP contribution in [0.2, 0.25) is 0 Å². The van der Waals surface area contributed by atoms with Crippen molar-refractivity contribution in [1.82, 2.24) is 19.6 Å². The summed E-state index contributed by atoms with van der Waals surface area (Å²) in [4.78, 5) is 18.3. The maximum atomic E-state index is 12.4. The number of carbonyl (C=O) groups excluding carboxylic acids is 1. The third kappa shape index (κ3) is 2.72. The van der Waals surface area contributed by atoms with E-state index in [1.807, 2.05) is 0 Å². The molecule has 0 bridgehead atoms. The summed E-state index contributed by atoms with van der Waals surface area (Å²) in [6, 6.07) is 3.53. The van der Waals surface area contributed by atoms with Gasteiger partial charge in [0.05, 0.1) is 11.3 Å². The van der Waals surface area contributed by atoms with E-state index >= 15 is 0 Å². The third-order valence-electron chi connectivity index (χ3n) is 4.39. The zero-order valence-electron chi connectivity index (χ0n) is 12.8. The van der Waals surface area contributed by atoms with E-state index in [1.165, 1.54) is 17.7 Å². The SMILES string of the molecule is CC[C@@H]1CCc2nc(NC(=O)c3ccc4nncn4c3)sc2C1. The summed E-state index contributed by atoms with van der Waals surface area (Å²) in [6.07, 6.45) is 7.83. The molecule has 0 unspecified atom stereocenters. The molecule has 0 radical (unpaired) electrons. The highest BCUT2D eigenvalue weighted by atomic mass is 32.1. The molecular weight excluding hydrogens is 310 g/mol. The smallest absolute Gasteiger partial charge is 0.258 e. The molecule has 6 nitrogen and oxygen atoms in total. The fourth-order valence-corrected chi connectivity index (χ4v) is 4.09. The predicted octanol–water partition coefficient (Wildman–Crippen LogP) is 2.95. The Morgan fingerprint density at radius 1 is 1.48 bits per heavy atom. The lowest BCUT2D eigenvalue weighted by atomic mass is 9.89. The zero-order chi connectivity index (χ0) is 15.8. The van der Waals surface area contributed by atoms with E-state index in [4.69, 9.17) is 0 Å². The van der Waals surface area contributed by atoms with Crippen LogP contribution in [0, 0.1) is 5.92 Å². The van der Waals surface area contributed by atoms with Gasteiger partial charge < -0.3 is 0 Å². The molecule has 1 N–H and O–H groups in total. The first-order chi connectivity index (χ1) is 11.2. The molecule has 3 aromatic rings. The summed E-state index contributed by atoms with van der Waals surface area (Å²) >= 11 is 1.61. The Labute approximate surface area is 137 Å². The van der Waals surface area contributed by atoms with E-state index in [2.05, 4.69) is 27.4 Å². The Morgan fingerprint density at radius 2 is 2.39 bits per heavy atom. The van der Waals surface area contributed by atoms with Crippen LogP contribution >= 0.6 is 11.3 Å². The summed E-state index contributed by atoms with van der Waals surface area (Å²) in [5.41, 5.74) is 2.44. The van der Waals surface area contributed by atoms with Gasteiger partial charge in [0.25, 0.3) is 5.91 Å². The van der Waals surface area contributed by atoms with Gasteiger partial charge in [0.1, 0.15) is 6.33 Å². The molecule has 3 aromatic heterocycles. The number of hydrogen-bond donors (Lipinski definition) is 1. The molecule has 1 aliphatic rings. The van der Waals surface area contributed by atoms with Crippen LogP contribution in [0.3, 0.4) is 0 Å². The molecule has 0 aromatic carbocycles. The van der Waals surface area contributed by atoms with Gasteiger partial charge in [0.2, 0.25) is 0 Å². The quantitative estimate of drug-likeness (QED) is 0.803. The standard InChI is InChI=1S/C16H17N5OS/c1-2-10-3-5-12-13(7-10)23-16(18-12)19-15(22)11-4-6-14-20-17-9-21(14)8-11/h4,6,8-10H,2-3,5,7H2,1H3,(H,18,19,22)/t10-/m1/s1. The number of nitrogens with one attached hydrogen (secondary N) is 1. The molecule has 1 atom stereocenters. The molecule has 0 spiro atoms. The van der Waals surface area contributed by atoms with Crippen LogP contribution in [-0.4, -0.2) is 25.5 Å². The van der Waals surface area contributed by atoms with E-state index in [1.54, 1.807) is 40.4 Å². The third-order valence-corrected chi connectivity index (χ3v) is 5.43. The van der Waals surface area contributed by atoms with Gasteiger partial charge in [0, 0.05) is 11.1 Å². The van der Waals surface area contributed by atoms with E-state index in [9.17, 15) is 4.79 Å². The van der Waals surface area contributed by atoms with Crippen molar-refractivity contribution in [2.24, 2.45) is 5.92 Å². The maximum absolute atomic E-state index is 12.4. The average molecular weight is 327 g/mol. The normalized spacial score (nSPS) is 17.2. The molecule has 4 rings (SSSR count). The van der Waals surface area contributed by atoms with Gasteiger partial charge in [-0.3, -0.25) is 14.5 Å². The number of thiazole rings is 1. The molecule has 1 aliphatic carbocycles. The number of carbonyl (C=O) groups is 1. The zero-order valence-corrected chi connectivity index (χ0v) is 13.6. The number of aromatic nitrogens is 4. The second kappa shape index (κ2) is 5.73. The molecule has 3 heterocycles. The second-order valence-electron chi connectivity index (χ2n) is 5.87. The van der Waals surface area contributed by atoms with Crippen LogP contribution < -0.4 is 5.32 Å². The van der Waals surface area contributed by atoms with Crippen LogP contribution in [0.15, 0.2) is 24.7 Å². The molecule has 0 saturated heterocycles. The minimum atomic E-state index is -0.154. The summed E-state index contributed by atoms with van der Waals surface area (Å²) in [7, 11) is 0. The topological polar surface area (TPSA) is 72.2 Å². The molecule has 7 heteroatoms. The molecule has 118 valence electrons. The van der Waals surface area contributed by atoms with Crippen molar-refractivity contribution in [3.63, 3.8) is 0 Å². The van der Waals surface area contributed by atoms with Crippen molar-refractivity contribution in [2.75, 3.05) is 5.32 Å². The summed E-state index contributed by atoms with van der Waals surface area (Å²) in [5, 5.41) is 11.4. The first kappa shape index (κ1) is 14.3. The van der Waals surface area contributed by atoms with Crippen molar-refractivity contribution >= 4 is 28.0 Å². The number of anilines is 1. The highest BCUT2D eigenvalue weighted by molar-refractivity contribution is 7.15. The number of pyridine rings is 1. The van der Waals surface area contributed by atoms with E-state index < -0.39 is 0 Å². The van der Waals surface area contributed by atoms with Crippen LogP contribution in [0.1, 0.15) is 40.7 Å². The highest BCUT2D eigenvalue weighted by Gasteiger charge is 2.22. The van der Waals surface area contributed by atoms with Crippen molar-refractivity contribution in [1.29, 1.82) is 0 Å². The molecule has 0 aliphatic heterocycles. The minimum absolute atomic E-state index is 0.154. The number of aryl methyl sites for hydroxylation is 1. The fourth-order valence-electron chi connectivity index (χ4n) is 2.98. The Hall–Kier alpha value is -2.28. The van der Waals surface area contributed by atoms with Gasteiger partial charge in [-0.2, -0.15) is 0 Å². The number of hydrogen-bond acceptors (Lipinski definition) is 5. The lowest BCUT2D eigenvalue weighted by Gasteiger charge is -2.18. The first-order valence-corrected chi connectivity index (χ1v) is 8.64. The van der Waals surface area contributed by atoms with Crippen molar-refractivity contribution in [3.8, 4) is 0 Å². The first-order valence-electron chi connectivity index (χ1n) is 7.82. The van der Waals surface area contributed by atoms with Crippen LogP contribution in [0.25, 0.3) is 5.65 Å². The minimum Gasteiger partial charge on any atom is -0.298 e. The molecule has 0 fully saturated rings. The van der Waals surface area contributed by atoms with Gasteiger partial charge in [-0.1, -0.05) is 13.3 Å². The number of rotatable bonds is 3. The number of nitrogens with zero attached hydrogens (tertiary/aromatic N) is 4. The van der Waals surface area contributed by atoms with Crippen LogP contribution in [0.4, 0.5) is 5.13 Å². The number of fused-ring (bicyclic) bond motifs is 2. The van der Waals surface area contributed by atoms with Gasteiger partial charge in [0.15, 0.2) is 10.8 Å². The van der Waals surface area contributed by atoms with Gasteiger partial charge in [-0.15, -0.1) is 21.5 Å². The average Bonchev–Trinajstić information content (AvgIpc) is 3.18. The number of amides is 1. The summed E-state index contributed by atoms with van der Waals surface area (Å²) < 4.78 is 1.73. The highest BCUT2D eigenvalue weighted by Crippen LogP contribution is 2.33. The maximum Gasteiger partial charge on any atom is 0.258 e. The fraction of sp³-hybridized carbons (Fsp3) is 0.375. The van der Waals surface area contributed by atoms with Crippen molar-refractivity contribution in [3.05, 3.63) is 40.8 Å². The Bertz CT molecular complexity index is 868. The van der Waals surface area contributed by atoms with Gasteiger partial charge in [-0.05, 0) is 37.3 Å². The monoisotopic (exact) mass is 327 g/mol. The van der Waals surface area contributed by atoms with Gasteiger partial charge >= 0.3 is 0 Å². The van der Waals surface area contributed by atoms with Crippen LogP contribution in [0.5, 0.6) is 0 Å². The Morgan fingerprint density at radius 3 is 3.26 bits per heavy atom. The Kier molecular flexibility index (Phi) is 3.57. The van der Waals surface area contributed by atoms with Crippen LogP contribution in [-0.2, 0) is 12.8 Å². The van der Waals surface area contributed by atoms with E-state index in [-0.39, 0.29) is 5.91 Å². The largest absolute Gasteiger partial charge is 0.298 e. The molecule has 1 amide bonds. The predicted molar refractivity (Wildman–Crippen MR) is 88.9 cm³/mol. The Balaban J connectivity index is 1.53. The summed E-state index contributed by atoms with van der Waals surface area (Å²) in [5.74, 6) is 0.599. The molecular formula is C16H17N5OS. The van der Waals surface area contributed by atoms with E-state index in [0.29, 0.717) is 10.7 Å². The second-order valence-corrected chi connectivity index (χ2v) is 6.96. The van der Waals surface area contributed by atoms with E-state index in [0.717, 1.165) is 30.1 Å². The lowest BCUT2D eigenvalue weighted by molar-refractivity contribution is 0.102. The molecule has 23 heavy (non-hydrogen) atoms. The van der Waals surface area contributed by atoms with Crippen molar-refractivity contribution in [2.45, 2.75) is 32.6 Å². The van der Waals surface area contributed by atoms with Gasteiger partial charge in [-0.25, -0.2) is 4.98 Å². The lowest BCUT2D eigenvalue weighted by Crippen LogP contribution is -2.13.